The lowest BCUT2D eigenvalue weighted by molar-refractivity contribution is 0.258. The van der Waals surface area contributed by atoms with E-state index in [1.807, 2.05) is 18.2 Å². The van der Waals surface area contributed by atoms with E-state index >= 15 is 0 Å². The Hall–Kier alpha value is -0.850. The molecule has 1 aliphatic heterocycles. The summed E-state index contributed by atoms with van der Waals surface area (Å²) in [6, 6.07) is 13.3. The Morgan fingerprint density at radius 2 is 1.96 bits per heavy atom. The SMILES string of the molecule is CCN1CCCC1CNCc1cc(Br)ccc1OCc1ccccc1F.Cl.Cl. The summed E-state index contributed by atoms with van der Waals surface area (Å²) in [4.78, 5) is 2.53. The van der Waals surface area contributed by atoms with Gasteiger partial charge in [-0.05, 0) is 50.2 Å². The van der Waals surface area contributed by atoms with Crippen molar-refractivity contribution in [3.63, 3.8) is 0 Å². The molecule has 2 aromatic rings. The van der Waals surface area contributed by atoms with Crippen molar-refractivity contribution in [2.45, 2.75) is 39.0 Å². The quantitative estimate of drug-likeness (QED) is 0.519. The number of hydrogen-bond donors (Lipinski definition) is 1. The van der Waals surface area contributed by atoms with Gasteiger partial charge in [-0.25, -0.2) is 4.39 Å². The van der Waals surface area contributed by atoms with Crippen LogP contribution in [0.2, 0.25) is 0 Å². The van der Waals surface area contributed by atoms with Crippen molar-refractivity contribution in [1.82, 2.24) is 10.2 Å². The summed E-state index contributed by atoms with van der Waals surface area (Å²) in [6.07, 6.45) is 2.55. The Kier molecular flexibility index (Phi) is 11.4. The lowest BCUT2D eigenvalue weighted by atomic mass is 10.1. The first kappa shape index (κ1) is 25.2. The van der Waals surface area contributed by atoms with Gasteiger partial charge in [0.1, 0.15) is 18.2 Å². The Balaban J connectivity index is 0.00000196. The van der Waals surface area contributed by atoms with Gasteiger partial charge in [0.25, 0.3) is 0 Å². The molecule has 7 heteroatoms. The predicted molar refractivity (Wildman–Crippen MR) is 121 cm³/mol. The molecule has 0 spiro atoms. The number of nitrogens with zero attached hydrogens (tertiary/aromatic N) is 1. The maximum absolute atomic E-state index is 13.8. The highest BCUT2D eigenvalue weighted by Crippen LogP contribution is 2.25. The molecular formula is C21H28BrCl2FN2O. The summed E-state index contributed by atoms with van der Waals surface area (Å²) in [7, 11) is 0. The zero-order valence-electron chi connectivity index (χ0n) is 16.0. The Bertz CT molecular complexity index is 735. The van der Waals surface area contributed by atoms with E-state index in [1.54, 1.807) is 12.1 Å². The van der Waals surface area contributed by atoms with Gasteiger partial charge in [0.05, 0.1) is 0 Å². The van der Waals surface area contributed by atoms with Crippen LogP contribution in [0.1, 0.15) is 30.9 Å². The first-order chi connectivity index (χ1) is 12.7. The first-order valence-corrected chi connectivity index (χ1v) is 10.1. The van der Waals surface area contributed by atoms with E-state index in [2.05, 4.69) is 39.1 Å². The molecule has 1 atom stereocenters. The van der Waals surface area contributed by atoms with Crippen molar-refractivity contribution in [1.29, 1.82) is 0 Å². The second-order valence-electron chi connectivity index (χ2n) is 6.69. The van der Waals surface area contributed by atoms with Gasteiger partial charge in [-0.2, -0.15) is 0 Å². The summed E-state index contributed by atoms with van der Waals surface area (Å²) in [5, 5.41) is 3.57. The summed E-state index contributed by atoms with van der Waals surface area (Å²) in [5.74, 6) is 0.563. The Morgan fingerprint density at radius 3 is 2.71 bits per heavy atom. The van der Waals surface area contributed by atoms with Gasteiger partial charge in [-0.3, -0.25) is 4.90 Å². The molecule has 1 saturated heterocycles. The molecule has 3 rings (SSSR count). The molecule has 2 aromatic carbocycles. The van der Waals surface area contributed by atoms with Crippen molar-refractivity contribution < 1.29 is 9.13 Å². The van der Waals surface area contributed by atoms with Crippen molar-refractivity contribution in [3.05, 3.63) is 63.9 Å². The molecule has 0 saturated carbocycles. The van der Waals surface area contributed by atoms with Crippen LogP contribution in [0.3, 0.4) is 0 Å². The number of likely N-dealkylation sites (tertiary alicyclic amines) is 1. The average Bonchev–Trinajstić information content (AvgIpc) is 3.10. The second kappa shape index (κ2) is 12.7. The van der Waals surface area contributed by atoms with Crippen LogP contribution in [0.15, 0.2) is 46.9 Å². The second-order valence-corrected chi connectivity index (χ2v) is 7.60. The molecule has 1 unspecified atom stereocenters. The van der Waals surface area contributed by atoms with Crippen LogP contribution in [0, 0.1) is 5.82 Å². The molecule has 0 bridgehead atoms. The molecule has 0 aliphatic carbocycles. The normalized spacial score (nSPS) is 16.3. The molecule has 1 heterocycles. The zero-order chi connectivity index (χ0) is 18.4. The smallest absolute Gasteiger partial charge is 0.129 e. The molecule has 1 fully saturated rings. The molecule has 0 amide bonds. The van der Waals surface area contributed by atoms with Gasteiger partial charge in [-0.15, -0.1) is 24.8 Å². The summed E-state index contributed by atoms with van der Waals surface area (Å²) in [5.41, 5.74) is 1.65. The summed E-state index contributed by atoms with van der Waals surface area (Å²) >= 11 is 3.53. The van der Waals surface area contributed by atoms with Gasteiger partial charge in [0.2, 0.25) is 0 Å². The van der Waals surface area contributed by atoms with Gasteiger partial charge in [0, 0.05) is 34.7 Å². The minimum absolute atomic E-state index is 0. The molecule has 1 aliphatic rings. The van der Waals surface area contributed by atoms with Crippen molar-refractivity contribution >= 4 is 40.7 Å². The zero-order valence-corrected chi connectivity index (χ0v) is 19.2. The fraction of sp³-hybridized carbons (Fsp3) is 0.429. The van der Waals surface area contributed by atoms with E-state index in [0.717, 1.165) is 35.4 Å². The number of rotatable bonds is 8. The molecule has 156 valence electrons. The third-order valence-electron chi connectivity index (χ3n) is 4.96. The fourth-order valence-corrected chi connectivity index (χ4v) is 3.92. The van der Waals surface area contributed by atoms with Crippen LogP contribution in [-0.4, -0.2) is 30.6 Å². The highest BCUT2D eigenvalue weighted by molar-refractivity contribution is 9.10. The van der Waals surface area contributed by atoms with Crippen LogP contribution in [-0.2, 0) is 13.2 Å². The van der Waals surface area contributed by atoms with Crippen LogP contribution in [0.25, 0.3) is 0 Å². The van der Waals surface area contributed by atoms with E-state index < -0.39 is 0 Å². The summed E-state index contributed by atoms with van der Waals surface area (Å²) < 4.78 is 20.7. The standard InChI is InChI=1S/C21H26BrFN2O.2ClH/c1-2-25-11-5-7-19(25)14-24-13-17-12-18(22)9-10-21(17)26-15-16-6-3-4-8-20(16)23;;/h3-4,6,8-10,12,19,24H,2,5,7,11,13-15H2,1H3;2*1H. The largest absolute Gasteiger partial charge is 0.488 e. The lowest BCUT2D eigenvalue weighted by Crippen LogP contribution is -2.37. The van der Waals surface area contributed by atoms with Gasteiger partial charge < -0.3 is 10.1 Å². The third-order valence-corrected chi connectivity index (χ3v) is 5.46. The number of ether oxygens (including phenoxy) is 1. The van der Waals surface area contributed by atoms with E-state index in [9.17, 15) is 4.39 Å². The van der Waals surface area contributed by atoms with Gasteiger partial charge >= 0.3 is 0 Å². The molecule has 0 radical (unpaired) electrons. The lowest BCUT2D eigenvalue weighted by Gasteiger charge is -2.23. The number of hydrogen-bond acceptors (Lipinski definition) is 3. The predicted octanol–water partition coefficient (Wildman–Crippen LogP) is 5.58. The fourth-order valence-electron chi connectivity index (χ4n) is 3.51. The monoisotopic (exact) mass is 492 g/mol. The molecule has 1 N–H and O–H groups in total. The van der Waals surface area contributed by atoms with Crippen LogP contribution in [0.5, 0.6) is 5.75 Å². The van der Waals surface area contributed by atoms with E-state index in [-0.39, 0.29) is 37.2 Å². The Labute approximate surface area is 188 Å². The van der Waals surface area contributed by atoms with Gasteiger partial charge in [0.15, 0.2) is 0 Å². The van der Waals surface area contributed by atoms with Crippen molar-refractivity contribution in [3.8, 4) is 5.75 Å². The summed E-state index contributed by atoms with van der Waals surface area (Å²) in [6.45, 7) is 6.49. The molecule has 3 nitrogen and oxygen atoms in total. The maximum atomic E-state index is 13.8. The average molecular weight is 494 g/mol. The van der Waals surface area contributed by atoms with E-state index in [1.165, 1.54) is 25.5 Å². The van der Waals surface area contributed by atoms with Gasteiger partial charge in [-0.1, -0.05) is 41.1 Å². The minimum Gasteiger partial charge on any atom is -0.488 e. The first-order valence-electron chi connectivity index (χ1n) is 9.26. The topological polar surface area (TPSA) is 24.5 Å². The third kappa shape index (κ3) is 6.89. The Morgan fingerprint density at radius 1 is 1.18 bits per heavy atom. The molecular weight excluding hydrogens is 466 g/mol. The maximum Gasteiger partial charge on any atom is 0.129 e. The number of benzene rings is 2. The van der Waals surface area contributed by atoms with E-state index in [0.29, 0.717) is 11.6 Å². The van der Waals surface area contributed by atoms with Crippen LogP contribution < -0.4 is 10.1 Å². The number of nitrogens with one attached hydrogen (secondary N) is 1. The minimum atomic E-state index is -0.231. The highest BCUT2D eigenvalue weighted by Gasteiger charge is 2.22. The highest BCUT2D eigenvalue weighted by atomic mass is 79.9. The van der Waals surface area contributed by atoms with Crippen molar-refractivity contribution in [2.75, 3.05) is 19.6 Å². The van der Waals surface area contributed by atoms with Crippen LogP contribution in [0.4, 0.5) is 4.39 Å². The number of halogens is 4. The molecule has 0 aromatic heterocycles. The number of likely N-dealkylation sites (N-methyl/N-ethyl adjacent to an activating group) is 1. The molecule has 28 heavy (non-hydrogen) atoms. The van der Waals surface area contributed by atoms with Crippen LogP contribution >= 0.6 is 40.7 Å². The van der Waals surface area contributed by atoms with E-state index in [4.69, 9.17) is 4.74 Å². The van der Waals surface area contributed by atoms with Crippen molar-refractivity contribution in [2.24, 2.45) is 0 Å².